The zero-order valence-corrected chi connectivity index (χ0v) is 18.8. The van der Waals surface area contributed by atoms with Crippen LogP contribution >= 0.6 is 0 Å². The number of ketones is 1. The summed E-state index contributed by atoms with van der Waals surface area (Å²) in [5.41, 5.74) is 1.08. The number of benzene rings is 2. The van der Waals surface area contributed by atoms with Gasteiger partial charge in [0.1, 0.15) is 17.3 Å². The lowest BCUT2D eigenvalue weighted by atomic mass is 9.94. The number of Topliss-reactive ketones (excluding diaryl/α,β-unsaturated/α-hetero) is 1. The number of nitrogens with zero attached hydrogens (tertiary/aromatic N) is 1. The number of aliphatic hydroxyl groups excluding tert-OH is 1. The maximum atomic E-state index is 13.0. The van der Waals surface area contributed by atoms with E-state index in [0.717, 1.165) is 0 Å². The van der Waals surface area contributed by atoms with E-state index in [-0.39, 0.29) is 30.6 Å². The first-order valence-corrected chi connectivity index (χ1v) is 10.6. The molecule has 0 saturated carbocycles. The molecule has 1 aliphatic rings. The third-order valence-electron chi connectivity index (χ3n) is 5.09. The van der Waals surface area contributed by atoms with Crippen LogP contribution in [0.2, 0.25) is 0 Å². The molecule has 0 spiro atoms. The highest BCUT2D eigenvalue weighted by atomic mass is 16.5. The first-order chi connectivity index (χ1) is 15.4. The van der Waals surface area contributed by atoms with Crippen LogP contribution in [0.15, 0.2) is 54.1 Å². The van der Waals surface area contributed by atoms with Gasteiger partial charge in [0, 0.05) is 24.8 Å². The SMILES string of the molecule is CCOc1ccccc1C1/C(=C(\O)c2ccc(OC(C)C)cc2)C(=O)C(=O)N1CCOC. The van der Waals surface area contributed by atoms with Crippen molar-refractivity contribution in [2.24, 2.45) is 0 Å². The van der Waals surface area contributed by atoms with Crippen LogP contribution in [-0.2, 0) is 14.3 Å². The number of hydrogen-bond donors (Lipinski definition) is 1. The molecule has 1 aliphatic heterocycles. The maximum absolute atomic E-state index is 13.0. The van der Waals surface area contributed by atoms with Crippen molar-refractivity contribution >= 4 is 17.4 Å². The molecule has 7 heteroatoms. The molecule has 1 unspecified atom stereocenters. The molecule has 0 radical (unpaired) electrons. The van der Waals surface area contributed by atoms with Crippen LogP contribution < -0.4 is 9.47 Å². The molecule has 7 nitrogen and oxygen atoms in total. The molecule has 1 atom stereocenters. The maximum Gasteiger partial charge on any atom is 0.295 e. The summed E-state index contributed by atoms with van der Waals surface area (Å²) in [5, 5.41) is 11.1. The van der Waals surface area contributed by atoms with Crippen molar-refractivity contribution in [2.75, 3.05) is 26.9 Å². The number of carbonyl (C=O) groups is 2. The van der Waals surface area contributed by atoms with E-state index < -0.39 is 17.7 Å². The molecule has 1 N–H and O–H groups in total. The molecule has 1 fully saturated rings. The molecule has 2 aromatic carbocycles. The number of likely N-dealkylation sites (tertiary alicyclic amines) is 1. The largest absolute Gasteiger partial charge is 0.507 e. The summed E-state index contributed by atoms with van der Waals surface area (Å²) in [6.45, 7) is 6.58. The van der Waals surface area contributed by atoms with Gasteiger partial charge in [-0.3, -0.25) is 9.59 Å². The number of methoxy groups -OCH3 is 1. The minimum absolute atomic E-state index is 0.00984. The fraction of sp³-hybridized carbons (Fsp3) is 0.360. The van der Waals surface area contributed by atoms with Gasteiger partial charge in [-0.25, -0.2) is 0 Å². The molecule has 2 aromatic rings. The van der Waals surface area contributed by atoms with E-state index in [0.29, 0.717) is 29.2 Å². The molecule has 0 aliphatic carbocycles. The summed E-state index contributed by atoms with van der Waals surface area (Å²) in [6.07, 6.45) is 0.00984. The van der Waals surface area contributed by atoms with Gasteiger partial charge in [-0.2, -0.15) is 0 Å². The highest BCUT2D eigenvalue weighted by molar-refractivity contribution is 6.46. The quantitative estimate of drug-likeness (QED) is 0.362. The molecule has 0 bridgehead atoms. The van der Waals surface area contributed by atoms with Gasteiger partial charge >= 0.3 is 0 Å². The normalized spacial score (nSPS) is 17.8. The molecular formula is C25H29NO6. The Morgan fingerprint density at radius 1 is 1.09 bits per heavy atom. The van der Waals surface area contributed by atoms with Crippen LogP contribution in [0, 0.1) is 0 Å². The second kappa shape index (κ2) is 10.3. The van der Waals surface area contributed by atoms with Gasteiger partial charge in [0.25, 0.3) is 11.7 Å². The van der Waals surface area contributed by atoms with Crippen LogP contribution in [0.5, 0.6) is 11.5 Å². The van der Waals surface area contributed by atoms with Crippen molar-refractivity contribution in [1.29, 1.82) is 0 Å². The molecule has 32 heavy (non-hydrogen) atoms. The molecule has 1 amide bonds. The van der Waals surface area contributed by atoms with Crippen molar-refractivity contribution in [2.45, 2.75) is 32.9 Å². The van der Waals surface area contributed by atoms with E-state index in [1.807, 2.05) is 32.9 Å². The molecule has 3 rings (SSSR count). The van der Waals surface area contributed by atoms with Crippen LogP contribution in [0.1, 0.15) is 37.9 Å². The lowest BCUT2D eigenvalue weighted by Crippen LogP contribution is -2.32. The summed E-state index contributed by atoms with van der Waals surface area (Å²) in [6, 6.07) is 13.2. The fourth-order valence-electron chi connectivity index (χ4n) is 3.74. The van der Waals surface area contributed by atoms with Crippen LogP contribution in [-0.4, -0.2) is 54.7 Å². The first kappa shape index (κ1) is 23.3. The summed E-state index contributed by atoms with van der Waals surface area (Å²) in [5.74, 6) is -0.459. The first-order valence-electron chi connectivity index (χ1n) is 10.6. The minimum Gasteiger partial charge on any atom is -0.507 e. The summed E-state index contributed by atoms with van der Waals surface area (Å²) in [7, 11) is 1.53. The number of amides is 1. The van der Waals surface area contributed by atoms with Crippen molar-refractivity contribution in [1.82, 2.24) is 4.90 Å². The van der Waals surface area contributed by atoms with Crippen LogP contribution in [0.3, 0.4) is 0 Å². The summed E-state index contributed by atoms with van der Waals surface area (Å²) < 4.78 is 16.6. The van der Waals surface area contributed by atoms with Gasteiger partial charge in [-0.05, 0) is 51.1 Å². The second-order valence-electron chi connectivity index (χ2n) is 7.65. The zero-order valence-electron chi connectivity index (χ0n) is 18.8. The van der Waals surface area contributed by atoms with Crippen LogP contribution in [0.4, 0.5) is 0 Å². The number of carbonyl (C=O) groups excluding carboxylic acids is 2. The Morgan fingerprint density at radius 2 is 1.78 bits per heavy atom. The Hall–Kier alpha value is -3.32. The third kappa shape index (κ3) is 4.78. The minimum atomic E-state index is -0.792. The second-order valence-corrected chi connectivity index (χ2v) is 7.65. The van der Waals surface area contributed by atoms with Gasteiger partial charge in [0.05, 0.1) is 30.9 Å². The van der Waals surface area contributed by atoms with Gasteiger partial charge in [-0.15, -0.1) is 0 Å². The van der Waals surface area contributed by atoms with E-state index in [1.54, 1.807) is 36.4 Å². The number of para-hydroxylation sites is 1. The Morgan fingerprint density at radius 3 is 2.41 bits per heavy atom. The van der Waals surface area contributed by atoms with E-state index in [9.17, 15) is 14.7 Å². The molecule has 170 valence electrons. The Labute approximate surface area is 188 Å². The van der Waals surface area contributed by atoms with Gasteiger partial charge < -0.3 is 24.2 Å². The Kier molecular flexibility index (Phi) is 7.53. The molecule has 0 aromatic heterocycles. The number of aliphatic hydroxyl groups is 1. The molecule has 1 saturated heterocycles. The van der Waals surface area contributed by atoms with E-state index in [2.05, 4.69) is 0 Å². The lowest BCUT2D eigenvalue weighted by Gasteiger charge is -2.26. The Bertz CT molecular complexity index is 996. The average molecular weight is 440 g/mol. The number of rotatable bonds is 9. The van der Waals surface area contributed by atoms with E-state index in [4.69, 9.17) is 14.2 Å². The van der Waals surface area contributed by atoms with Gasteiger partial charge in [0.2, 0.25) is 0 Å². The van der Waals surface area contributed by atoms with Crippen LogP contribution in [0.25, 0.3) is 5.76 Å². The van der Waals surface area contributed by atoms with Crippen molar-refractivity contribution in [3.05, 3.63) is 65.2 Å². The molecular weight excluding hydrogens is 410 g/mol. The van der Waals surface area contributed by atoms with E-state index >= 15 is 0 Å². The number of hydrogen-bond acceptors (Lipinski definition) is 6. The smallest absolute Gasteiger partial charge is 0.295 e. The highest BCUT2D eigenvalue weighted by Crippen LogP contribution is 2.42. The van der Waals surface area contributed by atoms with Crippen molar-refractivity contribution in [3.8, 4) is 11.5 Å². The predicted molar refractivity (Wildman–Crippen MR) is 121 cm³/mol. The standard InChI is InChI=1S/C25H29NO6/c1-5-31-20-9-7-6-8-19(20)22-21(24(28)25(29)26(22)14-15-30-4)23(27)17-10-12-18(13-11-17)32-16(2)3/h6-13,16,22,27H,5,14-15H2,1-4H3/b23-21+. The lowest BCUT2D eigenvalue weighted by molar-refractivity contribution is -0.140. The third-order valence-corrected chi connectivity index (χ3v) is 5.09. The number of ether oxygens (including phenoxy) is 3. The van der Waals surface area contributed by atoms with Gasteiger partial charge in [-0.1, -0.05) is 18.2 Å². The summed E-state index contributed by atoms with van der Waals surface area (Å²) in [4.78, 5) is 27.4. The topological polar surface area (TPSA) is 85.3 Å². The predicted octanol–water partition coefficient (Wildman–Crippen LogP) is 3.94. The fourth-order valence-corrected chi connectivity index (χ4v) is 3.74. The van der Waals surface area contributed by atoms with Crippen molar-refractivity contribution < 1.29 is 28.9 Å². The Balaban J connectivity index is 2.12. The highest BCUT2D eigenvalue weighted by Gasteiger charge is 2.46. The molecule has 1 heterocycles. The monoisotopic (exact) mass is 439 g/mol. The van der Waals surface area contributed by atoms with Crippen molar-refractivity contribution in [3.63, 3.8) is 0 Å². The van der Waals surface area contributed by atoms with E-state index in [1.165, 1.54) is 12.0 Å². The zero-order chi connectivity index (χ0) is 23.3. The summed E-state index contributed by atoms with van der Waals surface area (Å²) >= 11 is 0. The van der Waals surface area contributed by atoms with Gasteiger partial charge in [0.15, 0.2) is 0 Å². The average Bonchev–Trinajstić information content (AvgIpc) is 3.02.